The number of likely N-dealkylation sites (tertiary alicyclic amines) is 1. The summed E-state index contributed by atoms with van der Waals surface area (Å²) in [6.45, 7) is 11.2. The molecule has 5 nitrogen and oxygen atoms in total. The molecule has 0 radical (unpaired) electrons. The summed E-state index contributed by atoms with van der Waals surface area (Å²) in [6, 6.07) is 0. The molecule has 0 amide bonds. The molecule has 2 heterocycles. The first kappa shape index (κ1) is 16.0. The number of nitrogens with zero attached hydrogens (tertiary/aromatic N) is 2. The summed E-state index contributed by atoms with van der Waals surface area (Å²) in [6.07, 6.45) is 3.71. The standard InChI is InChI=1S/C16H26N2O3/c1-11-14(15(19)20)21-13(17-11)10-18-8-6-12(9-18)5-7-16(2,3)4/h12H,5-10H2,1-4H3,(H,19,20). The third-order valence-electron chi connectivity index (χ3n) is 4.07. The molecule has 1 aliphatic heterocycles. The number of carboxylic acids is 1. The molecule has 0 saturated carbocycles. The minimum atomic E-state index is -1.05. The maximum Gasteiger partial charge on any atom is 0.373 e. The van der Waals surface area contributed by atoms with E-state index in [1.807, 2.05) is 0 Å². The molecule has 21 heavy (non-hydrogen) atoms. The van der Waals surface area contributed by atoms with Gasteiger partial charge in [0.05, 0.1) is 12.2 Å². The van der Waals surface area contributed by atoms with Gasteiger partial charge in [-0.05, 0) is 44.1 Å². The summed E-state index contributed by atoms with van der Waals surface area (Å²) in [7, 11) is 0. The molecule has 1 atom stereocenters. The fraction of sp³-hybridized carbons (Fsp3) is 0.750. The van der Waals surface area contributed by atoms with E-state index >= 15 is 0 Å². The van der Waals surface area contributed by atoms with Crippen LogP contribution in [0.2, 0.25) is 0 Å². The van der Waals surface area contributed by atoms with Crippen molar-refractivity contribution in [2.24, 2.45) is 11.3 Å². The lowest BCUT2D eigenvalue weighted by atomic mass is 9.86. The molecule has 0 bridgehead atoms. The fourth-order valence-electron chi connectivity index (χ4n) is 2.84. The molecular formula is C16H26N2O3. The van der Waals surface area contributed by atoms with Gasteiger partial charge in [-0.1, -0.05) is 20.8 Å². The Morgan fingerprint density at radius 3 is 2.76 bits per heavy atom. The Morgan fingerprint density at radius 1 is 1.48 bits per heavy atom. The number of carboxylic acid groups (broad SMARTS) is 1. The van der Waals surface area contributed by atoms with Crippen LogP contribution in [0.15, 0.2) is 4.42 Å². The summed E-state index contributed by atoms with van der Waals surface area (Å²) in [4.78, 5) is 17.5. The molecule has 1 aromatic rings. The Kier molecular flexibility index (Phi) is 4.71. The summed E-state index contributed by atoms with van der Waals surface area (Å²) < 4.78 is 5.33. The van der Waals surface area contributed by atoms with Crippen molar-refractivity contribution in [2.75, 3.05) is 13.1 Å². The molecule has 0 aliphatic carbocycles. The molecule has 1 N–H and O–H groups in total. The van der Waals surface area contributed by atoms with E-state index in [2.05, 4.69) is 30.7 Å². The molecule has 2 rings (SSSR count). The van der Waals surface area contributed by atoms with Crippen molar-refractivity contribution in [3.8, 4) is 0 Å². The average Bonchev–Trinajstić information content (AvgIpc) is 2.93. The molecule has 1 aromatic heterocycles. The van der Waals surface area contributed by atoms with Gasteiger partial charge in [0, 0.05) is 6.54 Å². The molecular weight excluding hydrogens is 268 g/mol. The van der Waals surface area contributed by atoms with Crippen molar-refractivity contribution >= 4 is 5.97 Å². The lowest BCUT2D eigenvalue weighted by molar-refractivity contribution is 0.0657. The Bertz CT molecular complexity index is 502. The van der Waals surface area contributed by atoms with Crippen LogP contribution in [0.1, 0.15) is 62.2 Å². The SMILES string of the molecule is Cc1nc(CN2CCC(CCC(C)(C)C)C2)oc1C(=O)O. The van der Waals surface area contributed by atoms with E-state index in [0.717, 1.165) is 19.0 Å². The zero-order valence-electron chi connectivity index (χ0n) is 13.5. The topological polar surface area (TPSA) is 66.6 Å². The lowest BCUT2D eigenvalue weighted by Crippen LogP contribution is -2.20. The van der Waals surface area contributed by atoms with Crippen LogP contribution >= 0.6 is 0 Å². The van der Waals surface area contributed by atoms with E-state index in [4.69, 9.17) is 9.52 Å². The minimum Gasteiger partial charge on any atom is -0.475 e. The summed E-state index contributed by atoms with van der Waals surface area (Å²) >= 11 is 0. The summed E-state index contributed by atoms with van der Waals surface area (Å²) in [5.74, 6) is 0.171. The van der Waals surface area contributed by atoms with E-state index in [0.29, 0.717) is 23.5 Å². The monoisotopic (exact) mass is 294 g/mol. The van der Waals surface area contributed by atoms with Crippen LogP contribution in [0.5, 0.6) is 0 Å². The predicted molar refractivity (Wildman–Crippen MR) is 80.3 cm³/mol. The third kappa shape index (κ3) is 4.56. The van der Waals surface area contributed by atoms with E-state index in [9.17, 15) is 4.79 Å². The molecule has 1 aliphatic rings. The van der Waals surface area contributed by atoms with Crippen molar-refractivity contribution in [3.63, 3.8) is 0 Å². The Labute approximate surface area is 126 Å². The Hall–Kier alpha value is -1.36. The van der Waals surface area contributed by atoms with Gasteiger partial charge in [-0.15, -0.1) is 0 Å². The van der Waals surface area contributed by atoms with Crippen molar-refractivity contribution in [1.29, 1.82) is 0 Å². The number of rotatable bonds is 5. The summed E-state index contributed by atoms with van der Waals surface area (Å²) in [5, 5.41) is 8.98. The van der Waals surface area contributed by atoms with E-state index in [-0.39, 0.29) is 5.76 Å². The number of aromatic nitrogens is 1. The van der Waals surface area contributed by atoms with Crippen molar-refractivity contribution in [1.82, 2.24) is 9.88 Å². The highest BCUT2D eigenvalue weighted by molar-refractivity contribution is 5.85. The van der Waals surface area contributed by atoms with Crippen molar-refractivity contribution < 1.29 is 14.3 Å². The van der Waals surface area contributed by atoms with Gasteiger partial charge < -0.3 is 9.52 Å². The van der Waals surface area contributed by atoms with Crippen LogP contribution in [0.25, 0.3) is 0 Å². The second-order valence-corrected chi connectivity index (χ2v) is 7.32. The number of hydrogen-bond donors (Lipinski definition) is 1. The zero-order chi connectivity index (χ0) is 15.6. The Balaban J connectivity index is 1.85. The average molecular weight is 294 g/mol. The van der Waals surface area contributed by atoms with Crippen LogP contribution < -0.4 is 0 Å². The summed E-state index contributed by atoms with van der Waals surface area (Å²) in [5.41, 5.74) is 0.852. The second-order valence-electron chi connectivity index (χ2n) is 7.32. The largest absolute Gasteiger partial charge is 0.475 e. The number of aromatic carboxylic acids is 1. The van der Waals surface area contributed by atoms with Crippen LogP contribution in [-0.4, -0.2) is 34.0 Å². The normalized spacial score (nSPS) is 20.1. The zero-order valence-corrected chi connectivity index (χ0v) is 13.5. The molecule has 1 unspecified atom stereocenters. The second kappa shape index (κ2) is 6.18. The maximum atomic E-state index is 11.0. The Morgan fingerprint density at radius 2 is 2.19 bits per heavy atom. The number of oxazole rings is 1. The quantitative estimate of drug-likeness (QED) is 0.902. The predicted octanol–water partition coefficient (Wildman–Crippen LogP) is 3.33. The fourth-order valence-corrected chi connectivity index (χ4v) is 2.84. The molecule has 5 heteroatoms. The van der Waals surface area contributed by atoms with Gasteiger partial charge in [0.2, 0.25) is 11.7 Å². The van der Waals surface area contributed by atoms with Gasteiger partial charge in [0.25, 0.3) is 0 Å². The van der Waals surface area contributed by atoms with E-state index < -0.39 is 5.97 Å². The molecule has 1 fully saturated rings. The minimum absolute atomic E-state index is 0.0338. The molecule has 0 aromatic carbocycles. The van der Waals surface area contributed by atoms with Gasteiger partial charge in [0.1, 0.15) is 0 Å². The van der Waals surface area contributed by atoms with E-state index in [1.54, 1.807) is 6.92 Å². The van der Waals surface area contributed by atoms with Gasteiger partial charge >= 0.3 is 5.97 Å². The van der Waals surface area contributed by atoms with Gasteiger partial charge in [0.15, 0.2) is 0 Å². The first-order chi connectivity index (χ1) is 9.74. The van der Waals surface area contributed by atoms with E-state index in [1.165, 1.54) is 19.3 Å². The first-order valence-electron chi connectivity index (χ1n) is 7.66. The number of carbonyl (C=O) groups is 1. The third-order valence-corrected chi connectivity index (χ3v) is 4.07. The van der Waals surface area contributed by atoms with Crippen LogP contribution in [0.4, 0.5) is 0 Å². The number of aryl methyl sites for hydroxylation is 1. The van der Waals surface area contributed by atoms with Gasteiger partial charge in [-0.2, -0.15) is 0 Å². The molecule has 1 saturated heterocycles. The maximum absolute atomic E-state index is 11.0. The smallest absolute Gasteiger partial charge is 0.373 e. The highest BCUT2D eigenvalue weighted by atomic mass is 16.4. The van der Waals surface area contributed by atoms with Crippen LogP contribution in [0.3, 0.4) is 0 Å². The van der Waals surface area contributed by atoms with Crippen molar-refractivity contribution in [3.05, 3.63) is 17.3 Å². The molecule has 118 valence electrons. The highest BCUT2D eigenvalue weighted by Gasteiger charge is 2.26. The first-order valence-corrected chi connectivity index (χ1v) is 7.66. The highest BCUT2D eigenvalue weighted by Crippen LogP contribution is 2.29. The van der Waals surface area contributed by atoms with Crippen LogP contribution in [-0.2, 0) is 6.54 Å². The van der Waals surface area contributed by atoms with Gasteiger partial charge in [-0.25, -0.2) is 9.78 Å². The lowest BCUT2D eigenvalue weighted by Gasteiger charge is -2.20. The van der Waals surface area contributed by atoms with Gasteiger partial charge in [-0.3, -0.25) is 4.90 Å². The number of hydrogen-bond acceptors (Lipinski definition) is 4. The van der Waals surface area contributed by atoms with Crippen LogP contribution in [0, 0.1) is 18.3 Å². The molecule has 0 spiro atoms. The van der Waals surface area contributed by atoms with Crippen molar-refractivity contribution in [2.45, 2.75) is 53.5 Å².